The zero-order valence-corrected chi connectivity index (χ0v) is 12.3. The predicted octanol–water partition coefficient (Wildman–Crippen LogP) is 3.25. The van der Waals surface area contributed by atoms with Crippen LogP contribution >= 0.6 is 11.5 Å². The number of rotatable bonds is 4. The average molecular weight is 284 g/mol. The third-order valence-electron chi connectivity index (χ3n) is 3.36. The number of nitrogens with one attached hydrogen (secondary N) is 1. The molecule has 0 amide bonds. The highest BCUT2D eigenvalue weighted by atomic mass is 32.1. The molecule has 20 heavy (non-hydrogen) atoms. The maximum Gasteiger partial charge on any atom is 0.0772 e. The monoisotopic (exact) mass is 284 g/mol. The van der Waals surface area contributed by atoms with E-state index >= 15 is 0 Å². The predicted molar refractivity (Wildman–Crippen MR) is 81.6 cm³/mol. The molecule has 3 rings (SSSR count). The van der Waals surface area contributed by atoms with Crippen molar-refractivity contribution in [2.45, 2.75) is 26.4 Å². The van der Waals surface area contributed by atoms with E-state index in [0.29, 0.717) is 0 Å². The van der Waals surface area contributed by atoms with Crippen molar-refractivity contribution in [3.8, 4) is 0 Å². The molecule has 3 aromatic rings. The zero-order valence-electron chi connectivity index (χ0n) is 11.5. The van der Waals surface area contributed by atoms with E-state index < -0.39 is 0 Å². The fraction of sp³-hybridized carbons (Fsp3) is 0.267. The Hall–Kier alpha value is -1.85. The van der Waals surface area contributed by atoms with Gasteiger partial charge in [-0.05, 0) is 49.1 Å². The third-order valence-corrected chi connectivity index (χ3v) is 4.37. The summed E-state index contributed by atoms with van der Waals surface area (Å²) in [5.41, 5.74) is 3.30. The molecular weight excluding hydrogens is 268 g/mol. The van der Waals surface area contributed by atoms with Crippen LogP contribution in [0.4, 0.5) is 0 Å². The number of nitrogens with zero attached hydrogens (tertiary/aromatic N) is 3. The van der Waals surface area contributed by atoms with Gasteiger partial charge >= 0.3 is 0 Å². The fourth-order valence-corrected chi connectivity index (χ4v) is 2.90. The first-order chi connectivity index (χ1) is 9.74. The summed E-state index contributed by atoms with van der Waals surface area (Å²) in [5.74, 6) is 0. The second-order valence-corrected chi connectivity index (χ2v) is 5.64. The van der Waals surface area contributed by atoms with E-state index in [9.17, 15) is 0 Å². The van der Waals surface area contributed by atoms with Crippen LogP contribution in [0, 0.1) is 6.92 Å². The smallest absolute Gasteiger partial charge is 0.0772 e. The molecule has 1 N–H and O–H groups in total. The fourth-order valence-electron chi connectivity index (χ4n) is 2.23. The van der Waals surface area contributed by atoms with Gasteiger partial charge in [-0.1, -0.05) is 16.6 Å². The van der Waals surface area contributed by atoms with E-state index in [2.05, 4.69) is 51.1 Å². The van der Waals surface area contributed by atoms with Gasteiger partial charge in [0.2, 0.25) is 0 Å². The molecule has 5 heteroatoms. The number of pyridine rings is 1. The molecule has 0 saturated heterocycles. The maximum atomic E-state index is 4.33. The minimum atomic E-state index is 0.264. The van der Waals surface area contributed by atoms with E-state index in [4.69, 9.17) is 0 Å². The van der Waals surface area contributed by atoms with Crippen LogP contribution in [-0.4, -0.2) is 14.6 Å². The third kappa shape index (κ3) is 2.69. The Morgan fingerprint density at radius 1 is 1.30 bits per heavy atom. The van der Waals surface area contributed by atoms with Gasteiger partial charge in [0.1, 0.15) is 0 Å². The summed E-state index contributed by atoms with van der Waals surface area (Å²) in [6.07, 6.45) is 1.82. The molecule has 0 aliphatic carbocycles. The topological polar surface area (TPSA) is 50.7 Å². The highest BCUT2D eigenvalue weighted by Gasteiger charge is 2.11. The van der Waals surface area contributed by atoms with Crippen molar-refractivity contribution < 1.29 is 0 Å². The number of fused-ring (bicyclic) bond motifs is 1. The van der Waals surface area contributed by atoms with Crippen molar-refractivity contribution in [2.24, 2.45) is 0 Å². The minimum Gasteiger partial charge on any atom is -0.305 e. The summed E-state index contributed by atoms with van der Waals surface area (Å²) in [6.45, 7) is 4.97. The first-order valence-electron chi connectivity index (χ1n) is 6.60. The molecule has 102 valence electrons. The zero-order chi connectivity index (χ0) is 13.9. The Morgan fingerprint density at radius 3 is 3.00 bits per heavy atom. The van der Waals surface area contributed by atoms with E-state index in [1.165, 1.54) is 27.4 Å². The van der Waals surface area contributed by atoms with Crippen molar-refractivity contribution in [3.05, 3.63) is 52.7 Å². The summed E-state index contributed by atoms with van der Waals surface area (Å²) in [4.78, 5) is 5.54. The van der Waals surface area contributed by atoms with Crippen LogP contribution in [0.3, 0.4) is 0 Å². The van der Waals surface area contributed by atoms with Gasteiger partial charge in [0.15, 0.2) is 0 Å². The normalized spacial score (nSPS) is 12.7. The molecule has 4 nitrogen and oxygen atoms in total. The molecule has 0 bridgehead atoms. The Balaban J connectivity index is 1.72. The lowest BCUT2D eigenvalue weighted by molar-refractivity contribution is 0.579. The second kappa shape index (κ2) is 5.64. The molecular formula is C15H16N4S. The van der Waals surface area contributed by atoms with Gasteiger partial charge in [0.05, 0.1) is 16.1 Å². The van der Waals surface area contributed by atoms with E-state index in [1.807, 2.05) is 19.2 Å². The number of aryl methyl sites for hydroxylation is 1. The Kier molecular flexibility index (Phi) is 3.71. The minimum absolute atomic E-state index is 0.264. The van der Waals surface area contributed by atoms with Crippen molar-refractivity contribution in [1.82, 2.24) is 19.9 Å². The molecule has 0 spiro atoms. The largest absolute Gasteiger partial charge is 0.305 e. The molecule has 0 saturated carbocycles. The Labute approximate surface area is 122 Å². The van der Waals surface area contributed by atoms with Crippen LogP contribution in [0.5, 0.6) is 0 Å². The summed E-state index contributed by atoms with van der Waals surface area (Å²) < 4.78 is 3.98. The lowest BCUT2D eigenvalue weighted by Gasteiger charge is -2.12. The average Bonchev–Trinajstić information content (AvgIpc) is 2.91. The van der Waals surface area contributed by atoms with Gasteiger partial charge in [0.25, 0.3) is 0 Å². The molecule has 0 aliphatic heterocycles. The molecule has 0 fully saturated rings. The van der Waals surface area contributed by atoms with E-state index in [-0.39, 0.29) is 6.04 Å². The highest BCUT2D eigenvalue weighted by Crippen LogP contribution is 2.20. The number of hydrogen-bond acceptors (Lipinski definition) is 5. The molecule has 0 radical (unpaired) electrons. The van der Waals surface area contributed by atoms with Crippen LogP contribution in [-0.2, 0) is 6.54 Å². The van der Waals surface area contributed by atoms with Gasteiger partial charge < -0.3 is 5.32 Å². The number of aromatic nitrogens is 3. The van der Waals surface area contributed by atoms with Gasteiger partial charge in [-0.25, -0.2) is 0 Å². The molecule has 1 atom stereocenters. The van der Waals surface area contributed by atoms with Crippen molar-refractivity contribution in [1.29, 1.82) is 0 Å². The van der Waals surface area contributed by atoms with Crippen molar-refractivity contribution in [3.63, 3.8) is 0 Å². The summed E-state index contributed by atoms with van der Waals surface area (Å²) in [6, 6.07) is 10.7. The highest BCUT2D eigenvalue weighted by molar-refractivity contribution is 7.05. The lowest BCUT2D eigenvalue weighted by atomic mass is 10.1. The molecule has 0 aliphatic rings. The summed E-state index contributed by atoms with van der Waals surface area (Å²) in [7, 11) is 0. The lowest BCUT2D eigenvalue weighted by Crippen LogP contribution is -2.17. The SMILES string of the molecule is Cc1nnsc1C(C)NCc1ccc2ncccc2c1. The number of hydrogen-bond donors (Lipinski definition) is 1. The van der Waals surface area contributed by atoms with Crippen molar-refractivity contribution >= 4 is 22.4 Å². The van der Waals surface area contributed by atoms with Crippen LogP contribution in [0.15, 0.2) is 36.5 Å². The van der Waals surface area contributed by atoms with Gasteiger partial charge in [-0.2, -0.15) is 0 Å². The molecule has 2 aromatic heterocycles. The number of benzene rings is 1. The van der Waals surface area contributed by atoms with Gasteiger partial charge in [-0.15, -0.1) is 5.10 Å². The van der Waals surface area contributed by atoms with Gasteiger partial charge in [-0.3, -0.25) is 4.98 Å². The van der Waals surface area contributed by atoms with E-state index in [1.54, 1.807) is 0 Å². The molecule has 2 heterocycles. The molecule has 1 aromatic carbocycles. The first kappa shape index (κ1) is 13.1. The Bertz CT molecular complexity index is 722. The first-order valence-corrected chi connectivity index (χ1v) is 7.37. The maximum absolute atomic E-state index is 4.33. The summed E-state index contributed by atoms with van der Waals surface area (Å²) in [5, 5.41) is 8.75. The van der Waals surface area contributed by atoms with E-state index in [0.717, 1.165) is 17.8 Å². The van der Waals surface area contributed by atoms with Crippen LogP contribution in [0.1, 0.15) is 29.1 Å². The van der Waals surface area contributed by atoms with Gasteiger partial charge in [0, 0.05) is 24.2 Å². The Morgan fingerprint density at radius 2 is 2.20 bits per heavy atom. The molecule has 1 unspecified atom stereocenters. The van der Waals surface area contributed by atoms with Crippen LogP contribution in [0.25, 0.3) is 10.9 Å². The van der Waals surface area contributed by atoms with Crippen LogP contribution in [0.2, 0.25) is 0 Å². The summed E-state index contributed by atoms with van der Waals surface area (Å²) >= 11 is 1.46. The standard InChI is InChI=1S/C15H16N4S/c1-10(15-11(2)18-19-20-15)17-9-12-5-6-14-13(8-12)4-3-7-16-14/h3-8,10,17H,9H2,1-2H3. The quantitative estimate of drug-likeness (QED) is 0.799. The van der Waals surface area contributed by atoms with Crippen molar-refractivity contribution in [2.75, 3.05) is 0 Å². The van der Waals surface area contributed by atoms with Crippen LogP contribution < -0.4 is 5.32 Å². The second-order valence-electron chi connectivity index (χ2n) is 4.86.